The molecule has 1 saturated heterocycles. The molecule has 0 spiro atoms. The summed E-state index contributed by atoms with van der Waals surface area (Å²) in [6.07, 6.45) is -0.0635. The van der Waals surface area contributed by atoms with E-state index in [9.17, 15) is 9.59 Å². The molecule has 1 heterocycles. The van der Waals surface area contributed by atoms with Crippen LogP contribution in [-0.2, 0) is 14.3 Å². The van der Waals surface area contributed by atoms with Crippen molar-refractivity contribution in [2.45, 2.75) is 26.1 Å². The molecule has 2 atom stereocenters. The zero-order valence-corrected chi connectivity index (χ0v) is 12.6. The molecular weight excluding hydrogens is 284 g/mol. The third-order valence-corrected chi connectivity index (χ3v) is 3.33. The van der Waals surface area contributed by atoms with Gasteiger partial charge in [0, 0.05) is 13.1 Å². The normalized spacial score (nSPS) is 21.0. The molecule has 2 unspecified atom stereocenters. The number of carbonyl (C=O) groups is 2. The third-order valence-electron chi connectivity index (χ3n) is 3.33. The fraction of sp³-hybridized carbons (Fsp3) is 0.438. The SMILES string of the molecule is CC1CN(C(=O)COC(=O)c2cccc(C#N)c2)CC(C)O1. The molecule has 0 radical (unpaired) electrons. The van der Waals surface area contributed by atoms with E-state index in [0.29, 0.717) is 18.7 Å². The molecule has 1 aliphatic rings. The highest BCUT2D eigenvalue weighted by molar-refractivity contribution is 5.91. The van der Waals surface area contributed by atoms with Gasteiger partial charge >= 0.3 is 5.97 Å². The maximum atomic E-state index is 12.1. The van der Waals surface area contributed by atoms with E-state index in [4.69, 9.17) is 14.7 Å². The van der Waals surface area contributed by atoms with Gasteiger partial charge in [0.25, 0.3) is 5.91 Å². The zero-order valence-electron chi connectivity index (χ0n) is 12.6. The Labute approximate surface area is 129 Å². The average Bonchev–Trinajstić information content (AvgIpc) is 2.51. The van der Waals surface area contributed by atoms with Crippen LogP contribution in [0.25, 0.3) is 0 Å². The number of nitrogens with zero attached hydrogens (tertiary/aromatic N) is 2. The first-order chi connectivity index (χ1) is 10.5. The summed E-state index contributed by atoms with van der Waals surface area (Å²) in [5, 5.41) is 8.81. The van der Waals surface area contributed by atoms with Gasteiger partial charge in [0.15, 0.2) is 6.61 Å². The van der Waals surface area contributed by atoms with Crippen LogP contribution in [0, 0.1) is 11.3 Å². The van der Waals surface area contributed by atoms with Crippen molar-refractivity contribution in [2.75, 3.05) is 19.7 Å². The molecule has 116 valence electrons. The molecule has 0 aliphatic carbocycles. The molecule has 1 amide bonds. The second kappa shape index (κ2) is 7.05. The number of morpholine rings is 1. The highest BCUT2D eigenvalue weighted by Crippen LogP contribution is 2.11. The number of hydrogen-bond donors (Lipinski definition) is 0. The molecule has 2 rings (SSSR count). The van der Waals surface area contributed by atoms with Gasteiger partial charge in [-0.2, -0.15) is 5.26 Å². The molecule has 0 N–H and O–H groups in total. The van der Waals surface area contributed by atoms with Crippen LogP contribution in [0.1, 0.15) is 29.8 Å². The van der Waals surface area contributed by atoms with Crippen LogP contribution < -0.4 is 0 Å². The first-order valence-corrected chi connectivity index (χ1v) is 7.10. The van der Waals surface area contributed by atoms with Crippen LogP contribution in [-0.4, -0.2) is 48.7 Å². The summed E-state index contributed by atoms with van der Waals surface area (Å²) in [6, 6.07) is 8.13. The minimum absolute atomic E-state index is 0.0317. The fourth-order valence-corrected chi connectivity index (χ4v) is 2.40. The molecule has 0 bridgehead atoms. The summed E-state index contributed by atoms with van der Waals surface area (Å²) < 4.78 is 10.6. The van der Waals surface area contributed by atoms with Crippen LogP contribution in [0.15, 0.2) is 24.3 Å². The van der Waals surface area contributed by atoms with Gasteiger partial charge in [0.05, 0.1) is 29.4 Å². The summed E-state index contributed by atoms with van der Waals surface area (Å²) in [5.41, 5.74) is 0.632. The van der Waals surface area contributed by atoms with Crippen molar-refractivity contribution >= 4 is 11.9 Å². The molecule has 0 saturated carbocycles. The van der Waals surface area contributed by atoms with Crippen molar-refractivity contribution in [3.63, 3.8) is 0 Å². The highest BCUT2D eigenvalue weighted by atomic mass is 16.5. The third kappa shape index (κ3) is 4.06. The molecule has 0 aromatic heterocycles. The summed E-state index contributed by atoms with van der Waals surface area (Å²) in [6.45, 7) is 4.47. The van der Waals surface area contributed by atoms with E-state index in [1.54, 1.807) is 23.1 Å². The van der Waals surface area contributed by atoms with E-state index >= 15 is 0 Å². The van der Waals surface area contributed by atoms with E-state index < -0.39 is 5.97 Å². The van der Waals surface area contributed by atoms with Gasteiger partial charge in [0.1, 0.15) is 0 Å². The summed E-state index contributed by atoms with van der Waals surface area (Å²) in [5.74, 6) is -0.855. The fourth-order valence-electron chi connectivity index (χ4n) is 2.40. The monoisotopic (exact) mass is 302 g/mol. The number of rotatable bonds is 3. The lowest BCUT2D eigenvalue weighted by atomic mass is 10.1. The Kier molecular flexibility index (Phi) is 5.12. The van der Waals surface area contributed by atoms with Gasteiger partial charge in [-0.3, -0.25) is 4.79 Å². The van der Waals surface area contributed by atoms with Crippen LogP contribution in [0.4, 0.5) is 0 Å². The van der Waals surface area contributed by atoms with E-state index in [0.717, 1.165) is 0 Å². The molecule has 1 aromatic rings. The van der Waals surface area contributed by atoms with Crippen molar-refractivity contribution in [1.29, 1.82) is 5.26 Å². The number of hydrogen-bond acceptors (Lipinski definition) is 5. The topological polar surface area (TPSA) is 79.6 Å². The predicted octanol–water partition coefficient (Wildman–Crippen LogP) is 1.35. The van der Waals surface area contributed by atoms with Crippen LogP contribution in [0.3, 0.4) is 0 Å². The first-order valence-electron chi connectivity index (χ1n) is 7.10. The Morgan fingerprint density at radius 3 is 2.68 bits per heavy atom. The van der Waals surface area contributed by atoms with Gasteiger partial charge in [-0.25, -0.2) is 4.79 Å². The quantitative estimate of drug-likeness (QED) is 0.787. The Balaban J connectivity index is 1.90. The van der Waals surface area contributed by atoms with Crippen molar-refractivity contribution in [2.24, 2.45) is 0 Å². The minimum Gasteiger partial charge on any atom is -0.452 e. The second-order valence-electron chi connectivity index (χ2n) is 5.32. The van der Waals surface area contributed by atoms with E-state index in [1.807, 2.05) is 19.9 Å². The standard InChI is InChI=1S/C16H18N2O4/c1-11-8-18(9-12(2)22-11)15(19)10-21-16(20)14-5-3-4-13(6-14)7-17/h3-6,11-12H,8-10H2,1-2H3. The Morgan fingerprint density at radius 1 is 1.36 bits per heavy atom. The number of benzene rings is 1. The molecule has 1 aromatic carbocycles. The minimum atomic E-state index is -0.611. The number of nitriles is 1. The lowest BCUT2D eigenvalue weighted by Gasteiger charge is -2.35. The van der Waals surface area contributed by atoms with Crippen molar-refractivity contribution in [1.82, 2.24) is 4.90 Å². The average molecular weight is 302 g/mol. The van der Waals surface area contributed by atoms with Crippen molar-refractivity contribution in [3.05, 3.63) is 35.4 Å². The van der Waals surface area contributed by atoms with Crippen LogP contribution >= 0.6 is 0 Å². The number of ether oxygens (including phenoxy) is 2. The van der Waals surface area contributed by atoms with Crippen molar-refractivity contribution in [3.8, 4) is 6.07 Å². The van der Waals surface area contributed by atoms with Crippen LogP contribution in [0.5, 0.6) is 0 Å². The largest absolute Gasteiger partial charge is 0.452 e. The summed E-state index contributed by atoms with van der Waals surface area (Å²) in [4.78, 5) is 25.6. The lowest BCUT2D eigenvalue weighted by molar-refractivity contribution is -0.146. The van der Waals surface area contributed by atoms with Crippen molar-refractivity contribution < 1.29 is 19.1 Å². The van der Waals surface area contributed by atoms with Gasteiger partial charge in [0.2, 0.25) is 0 Å². The first kappa shape index (κ1) is 16.0. The van der Waals surface area contributed by atoms with E-state index in [2.05, 4.69) is 0 Å². The Hall–Kier alpha value is -2.39. The molecular formula is C16H18N2O4. The van der Waals surface area contributed by atoms with Gasteiger partial charge in [-0.1, -0.05) is 6.07 Å². The summed E-state index contributed by atoms with van der Waals surface area (Å²) in [7, 11) is 0. The number of carbonyl (C=O) groups excluding carboxylic acids is 2. The number of amides is 1. The van der Waals surface area contributed by atoms with Gasteiger partial charge in [-0.15, -0.1) is 0 Å². The number of esters is 1. The molecule has 22 heavy (non-hydrogen) atoms. The van der Waals surface area contributed by atoms with E-state index in [-0.39, 0.29) is 30.3 Å². The van der Waals surface area contributed by atoms with Crippen LogP contribution in [0.2, 0.25) is 0 Å². The molecule has 1 fully saturated rings. The Morgan fingerprint density at radius 2 is 2.05 bits per heavy atom. The maximum Gasteiger partial charge on any atom is 0.338 e. The van der Waals surface area contributed by atoms with Gasteiger partial charge < -0.3 is 14.4 Å². The molecule has 6 heteroatoms. The predicted molar refractivity (Wildman–Crippen MR) is 78.0 cm³/mol. The molecule has 1 aliphatic heterocycles. The lowest BCUT2D eigenvalue weighted by Crippen LogP contribution is -2.49. The molecule has 6 nitrogen and oxygen atoms in total. The zero-order chi connectivity index (χ0) is 16.1. The highest BCUT2D eigenvalue weighted by Gasteiger charge is 2.26. The van der Waals surface area contributed by atoms with E-state index in [1.165, 1.54) is 6.07 Å². The van der Waals surface area contributed by atoms with Gasteiger partial charge in [-0.05, 0) is 32.0 Å². The Bertz CT molecular complexity index is 598. The smallest absolute Gasteiger partial charge is 0.338 e. The second-order valence-corrected chi connectivity index (χ2v) is 5.32. The summed E-state index contributed by atoms with van der Waals surface area (Å²) >= 11 is 0. The maximum absolute atomic E-state index is 12.1.